The van der Waals surface area contributed by atoms with Crippen molar-refractivity contribution in [2.24, 2.45) is 0 Å². The van der Waals surface area contributed by atoms with Gasteiger partial charge in [0.2, 0.25) is 0 Å². The van der Waals surface area contributed by atoms with Crippen molar-refractivity contribution in [3.05, 3.63) is 49.6 Å². The van der Waals surface area contributed by atoms with Gasteiger partial charge in [0.15, 0.2) is 0 Å². The van der Waals surface area contributed by atoms with E-state index >= 15 is 0 Å². The Balaban J connectivity index is 2.20. The van der Waals surface area contributed by atoms with Crippen molar-refractivity contribution in [1.82, 2.24) is 0 Å². The standard InChI is InChI=1S/C13H12Br2ClNS/c1-17(7-9-4-13(15)18-8-9)12-3-2-11(16)5-10(12)6-14/h2-5,8H,6-7H2,1H3. The van der Waals surface area contributed by atoms with E-state index in [9.17, 15) is 0 Å². The first kappa shape index (κ1) is 14.4. The van der Waals surface area contributed by atoms with Crippen LogP contribution in [0.15, 0.2) is 33.4 Å². The Hall–Kier alpha value is -0.0300. The van der Waals surface area contributed by atoms with Crippen molar-refractivity contribution >= 4 is 60.5 Å². The largest absolute Gasteiger partial charge is 0.370 e. The van der Waals surface area contributed by atoms with Gasteiger partial charge in [0.1, 0.15) is 0 Å². The normalized spacial score (nSPS) is 10.7. The molecule has 0 N–H and O–H groups in total. The van der Waals surface area contributed by atoms with E-state index in [0.717, 1.165) is 16.9 Å². The molecule has 0 fully saturated rings. The van der Waals surface area contributed by atoms with Crippen molar-refractivity contribution in [1.29, 1.82) is 0 Å². The predicted octanol–water partition coefficient (Wildman–Crippen LogP) is 5.70. The van der Waals surface area contributed by atoms with Gasteiger partial charge in [-0.25, -0.2) is 0 Å². The molecule has 96 valence electrons. The Bertz CT molecular complexity index is 542. The minimum Gasteiger partial charge on any atom is -0.370 e. The second-order valence-corrected chi connectivity index (χ2v) is 7.31. The molecule has 0 atom stereocenters. The third-order valence-corrected chi connectivity index (χ3v) is 5.03. The number of alkyl halides is 1. The number of benzene rings is 1. The fraction of sp³-hybridized carbons (Fsp3) is 0.231. The van der Waals surface area contributed by atoms with E-state index in [1.165, 1.54) is 20.6 Å². The van der Waals surface area contributed by atoms with E-state index in [2.05, 4.69) is 61.3 Å². The third-order valence-electron chi connectivity index (χ3n) is 2.64. The van der Waals surface area contributed by atoms with Crippen LogP contribution in [0.1, 0.15) is 11.1 Å². The van der Waals surface area contributed by atoms with Gasteiger partial charge in [-0.3, -0.25) is 0 Å². The van der Waals surface area contributed by atoms with Crippen molar-refractivity contribution in [2.45, 2.75) is 11.9 Å². The zero-order valence-corrected chi connectivity index (χ0v) is 14.5. The molecule has 1 heterocycles. The van der Waals surface area contributed by atoms with Gasteiger partial charge < -0.3 is 4.90 Å². The molecule has 0 saturated heterocycles. The van der Waals surface area contributed by atoms with Crippen LogP contribution in [-0.4, -0.2) is 7.05 Å². The van der Waals surface area contributed by atoms with E-state index in [1.807, 2.05) is 12.1 Å². The summed E-state index contributed by atoms with van der Waals surface area (Å²) in [6, 6.07) is 8.17. The molecule has 0 aliphatic carbocycles. The highest BCUT2D eigenvalue weighted by Crippen LogP contribution is 2.28. The molecule has 0 bridgehead atoms. The number of anilines is 1. The fourth-order valence-electron chi connectivity index (χ4n) is 1.82. The highest BCUT2D eigenvalue weighted by atomic mass is 79.9. The molecule has 0 aliphatic heterocycles. The van der Waals surface area contributed by atoms with E-state index in [-0.39, 0.29) is 0 Å². The summed E-state index contributed by atoms with van der Waals surface area (Å²) in [6.45, 7) is 0.893. The van der Waals surface area contributed by atoms with Gasteiger partial charge in [-0.05, 0) is 56.7 Å². The smallest absolute Gasteiger partial charge is 0.0701 e. The number of hydrogen-bond donors (Lipinski definition) is 0. The van der Waals surface area contributed by atoms with Gasteiger partial charge in [-0.15, -0.1) is 11.3 Å². The monoisotopic (exact) mass is 407 g/mol. The van der Waals surface area contributed by atoms with Crippen LogP contribution >= 0.6 is 54.8 Å². The molecular formula is C13H12Br2ClNS. The minimum atomic E-state index is 0.778. The Labute approximate surface area is 133 Å². The fourth-order valence-corrected chi connectivity index (χ4v) is 3.67. The molecule has 0 radical (unpaired) electrons. The van der Waals surface area contributed by atoms with E-state index in [4.69, 9.17) is 11.6 Å². The summed E-state index contributed by atoms with van der Waals surface area (Å²) in [6.07, 6.45) is 0. The van der Waals surface area contributed by atoms with Crippen LogP contribution in [0.3, 0.4) is 0 Å². The topological polar surface area (TPSA) is 3.24 Å². The third kappa shape index (κ3) is 3.50. The van der Waals surface area contributed by atoms with Gasteiger partial charge in [0.05, 0.1) is 3.79 Å². The molecule has 2 rings (SSSR count). The number of rotatable bonds is 4. The molecule has 1 aromatic heterocycles. The quantitative estimate of drug-likeness (QED) is 0.586. The van der Waals surface area contributed by atoms with Crippen LogP contribution in [0, 0.1) is 0 Å². The van der Waals surface area contributed by atoms with Crippen molar-refractivity contribution in [2.75, 3.05) is 11.9 Å². The lowest BCUT2D eigenvalue weighted by atomic mass is 10.2. The van der Waals surface area contributed by atoms with E-state index in [1.54, 1.807) is 11.3 Å². The average molecular weight is 410 g/mol. The summed E-state index contributed by atoms with van der Waals surface area (Å²) < 4.78 is 1.17. The first-order valence-corrected chi connectivity index (χ1v) is 8.56. The minimum absolute atomic E-state index is 0.778. The maximum Gasteiger partial charge on any atom is 0.0701 e. The van der Waals surface area contributed by atoms with Crippen molar-refractivity contribution in [3.63, 3.8) is 0 Å². The first-order valence-electron chi connectivity index (χ1n) is 5.38. The molecule has 1 nitrogen and oxygen atoms in total. The summed E-state index contributed by atoms with van der Waals surface area (Å²) in [7, 11) is 2.10. The Morgan fingerprint density at radius 2 is 2.11 bits per heavy atom. The summed E-state index contributed by atoms with van der Waals surface area (Å²) in [4.78, 5) is 2.24. The summed E-state index contributed by atoms with van der Waals surface area (Å²) in [5, 5.41) is 3.75. The lowest BCUT2D eigenvalue weighted by molar-refractivity contribution is 0.921. The number of halogens is 3. The van der Waals surface area contributed by atoms with Crippen LogP contribution < -0.4 is 4.90 Å². The van der Waals surface area contributed by atoms with Gasteiger partial charge in [-0.2, -0.15) is 0 Å². The SMILES string of the molecule is CN(Cc1csc(Br)c1)c1ccc(Cl)cc1CBr. The maximum atomic E-state index is 6.02. The summed E-state index contributed by atoms with van der Waals surface area (Å²) >= 11 is 14.7. The molecule has 18 heavy (non-hydrogen) atoms. The van der Waals surface area contributed by atoms with Gasteiger partial charge in [-0.1, -0.05) is 27.5 Å². The molecule has 0 aliphatic rings. The highest BCUT2D eigenvalue weighted by Gasteiger charge is 2.09. The zero-order chi connectivity index (χ0) is 13.1. The zero-order valence-electron chi connectivity index (χ0n) is 9.79. The second-order valence-electron chi connectivity index (χ2n) is 4.02. The second kappa shape index (κ2) is 6.42. The Morgan fingerprint density at radius 3 is 2.72 bits per heavy atom. The predicted molar refractivity (Wildman–Crippen MR) is 88.2 cm³/mol. The summed E-state index contributed by atoms with van der Waals surface area (Å²) in [5.41, 5.74) is 3.72. The van der Waals surface area contributed by atoms with Gasteiger partial charge >= 0.3 is 0 Å². The van der Waals surface area contributed by atoms with E-state index in [0.29, 0.717) is 0 Å². The molecule has 2 aromatic rings. The van der Waals surface area contributed by atoms with Gasteiger partial charge in [0, 0.05) is 29.6 Å². The highest BCUT2D eigenvalue weighted by molar-refractivity contribution is 9.11. The number of nitrogens with zero attached hydrogens (tertiary/aromatic N) is 1. The summed E-state index contributed by atoms with van der Waals surface area (Å²) in [5.74, 6) is 0. The van der Waals surface area contributed by atoms with Gasteiger partial charge in [0.25, 0.3) is 0 Å². The average Bonchev–Trinajstić information content (AvgIpc) is 2.74. The van der Waals surface area contributed by atoms with Crippen LogP contribution in [0.25, 0.3) is 0 Å². The Kier molecular flexibility index (Phi) is 5.13. The van der Waals surface area contributed by atoms with Crippen LogP contribution in [0.5, 0.6) is 0 Å². The molecule has 1 aromatic carbocycles. The lowest BCUT2D eigenvalue weighted by Crippen LogP contribution is -2.17. The maximum absolute atomic E-state index is 6.02. The van der Waals surface area contributed by atoms with Crippen molar-refractivity contribution in [3.8, 4) is 0 Å². The van der Waals surface area contributed by atoms with Crippen LogP contribution in [0.4, 0.5) is 5.69 Å². The molecule has 0 amide bonds. The molecule has 0 saturated carbocycles. The van der Waals surface area contributed by atoms with E-state index < -0.39 is 0 Å². The van der Waals surface area contributed by atoms with Crippen LogP contribution in [0.2, 0.25) is 5.02 Å². The lowest BCUT2D eigenvalue weighted by Gasteiger charge is -2.21. The Morgan fingerprint density at radius 1 is 1.33 bits per heavy atom. The van der Waals surface area contributed by atoms with Crippen molar-refractivity contribution < 1.29 is 0 Å². The molecule has 5 heteroatoms. The molecule has 0 unspecified atom stereocenters. The van der Waals surface area contributed by atoms with Crippen LogP contribution in [-0.2, 0) is 11.9 Å². The number of thiophene rings is 1. The number of hydrogen-bond acceptors (Lipinski definition) is 2. The first-order chi connectivity index (χ1) is 8.60. The molecule has 0 spiro atoms. The molecular weight excluding hydrogens is 397 g/mol.